The summed E-state index contributed by atoms with van der Waals surface area (Å²) in [7, 11) is 0. The van der Waals surface area contributed by atoms with Gasteiger partial charge in [-0.1, -0.05) is 0 Å². The predicted octanol–water partition coefficient (Wildman–Crippen LogP) is 0.513. The van der Waals surface area contributed by atoms with Crippen LogP contribution in [0.25, 0.3) is 0 Å². The van der Waals surface area contributed by atoms with Crippen LogP contribution >= 0.6 is 0 Å². The van der Waals surface area contributed by atoms with Crippen LogP contribution in [0.5, 0.6) is 0 Å². The normalized spacial score (nSPS) is 26.0. The summed E-state index contributed by atoms with van der Waals surface area (Å²) in [5.74, 6) is 0.272. The van der Waals surface area contributed by atoms with Crippen molar-refractivity contribution in [2.45, 2.75) is 31.8 Å². The highest BCUT2D eigenvalue weighted by Crippen LogP contribution is 2.18. The van der Waals surface area contributed by atoms with Crippen LogP contribution in [0.2, 0.25) is 0 Å². The Morgan fingerprint density at radius 3 is 2.92 bits per heavy atom. The van der Waals surface area contributed by atoms with Crippen LogP contribution in [0.3, 0.4) is 0 Å². The van der Waals surface area contributed by atoms with E-state index >= 15 is 0 Å². The Labute approximate surface area is 73.9 Å². The molecule has 0 spiro atoms. The number of nitrogens with two attached hydrogens (primary N) is 1. The van der Waals surface area contributed by atoms with Crippen molar-refractivity contribution >= 4 is 0 Å². The molecule has 0 aromatic carbocycles. The van der Waals surface area contributed by atoms with Crippen molar-refractivity contribution in [2.24, 2.45) is 11.7 Å². The summed E-state index contributed by atoms with van der Waals surface area (Å²) < 4.78 is 5.47. The third-order valence-electron chi connectivity index (χ3n) is 2.51. The summed E-state index contributed by atoms with van der Waals surface area (Å²) >= 11 is 0. The molecule has 1 heterocycles. The Hall–Kier alpha value is -0.120. The molecule has 12 heavy (non-hydrogen) atoms. The average Bonchev–Trinajstić information content (AvgIpc) is 2.59. The summed E-state index contributed by atoms with van der Waals surface area (Å²) in [5, 5.41) is 8.88. The summed E-state index contributed by atoms with van der Waals surface area (Å²) in [6.45, 7) is 1.71. The highest BCUT2D eigenvalue weighted by atomic mass is 16.5. The van der Waals surface area contributed by atoms with Gasteiger partial charge in [-0.15, -0.1) is 0 Å². The van der Waals surface area contributed by atoms with Gasteiger partial charge in [0, 0.05) is 13.2 Å². The lowest BCUT2D eigenvalue weighted by atomic mass is 10.0. The van der Waals surface area contributed by atoms with Crippen LogP contribution < -0.4 is 5.73 Å². The molecule has 1 aliphatic heterocycles. The molecule has 3 nitrogen and oxygen atoms in total. The molecule has 0 amide bonds. The minimum absolute atomic E-state index is 0.212. The van der Waals surface area contributed by atoms with E-state index < -0.39 is 0 Å². The monoisotopic (exact) mass is 173 g/mol. The lowest BCUT2D eigenvalue weighted by molar-refractivity contribution is 0.0939. The zero-order chi connectivity index (χ0) is 8.81. The minimum atomic E-state index is 0.212. The van der Waals surface area contributed by atoms with Crippen LogP contribution in [0.4, 0.5) is 0 Å². The molecule has 0 aromatic rings. The summed E-state index contributed by atoms with van der Waals surface area (Å²) in [6, 6.07) is 0. The first-order valence-electron chi connectivity index (χ1n) is 4.79. The molecule has 2 unspecified atom stereocenters. The average molecular weight is 173 g/mol. The second-order valence-corrected chi connectivity index (χ2v) is 3.50. The highest BCUT2D eigenvalue weighted by molar-refractivity contribution is 4.68. The van der Waals surface area contributed by atoms with Crippen molar-refractivity contribution < 1.29 is 9.84 Å². The Balaban J connectivity index is 2.06. The molecule has 0 aliphatic carbocycles. The molecule has 72 valence electrons. The molecule has 2 atom stereocenters. The van der Waals surface area contributed by atoms with Crippen LogP contribution in [-0.2, 0) is 4.74 Å². The van der Waals surface area contributed by atoms with Gasteiger partial charge in [0.15, 0.2) is 0 Å². The molecule has 1 rings (SSSR count). The first-order valence-corrected chi connectivity index (χ1v) is 4.79. The Kier molecular flexibility index (Phi) is 4.58. The minimum Gasteiger partial charge on any atom is -0.396 e. The van der Waals surface area contributed by atoms with Crippen molar-refractivity contribution in [2.75, 3.05) is 19.8 Å². The van der Waals surface area contributed by atoms with Gasteiger partial charge in [0.1, 0.15) is 0 Å². The van der Waals surface area contributed by atoms with Crippen LogP contribution in [0, 0.1) is 5.92 Å². The van der Waals surface area contributed by atoms with E-state index in [0.717, 1.165) is 19.4 Å². The molecule has 0 bridgehead atoms. The quantitative estimate of drug-likeness (QED) is 0.637. The maximum Gasteiger partial charge on any atom is 0.0576 e. The van der Waals surface area contributed by atoms with Gasteiger partial charge < -0.3 is 15.6 Å². The Bertz CT molecular complexity index is 107. The van der Waals surface area contributed by atoms with Gasteiger partial charge in [-0.25, -0.2) is 0 Å². The zero-order valence-electron chi connectivity index (χ0n) is 7.54. The van der Waals surface area contributed by atoms with E-state index in [9.17, 15) is 0 Å². The van der Waals surface area contributed by atoms with Gasteiger partial charge in [-0.2, -0.15) is 0 Å². The third kappa shape index (κ3) is 3.09. The maximum atomic E-state index is 8.88. The van der Waals surface area contributed by atoms with Gasteiger partial charge in [-0.3, -0.25) is 0 Å². The summed E-state index contributed by atoms with van der Waals surface area (Å²) in [6.07, 6.45) is 4.87. The number of aliphatic hydroxyl groups excluding tert-OH is 1. The van der Waals surface area contributed by atoms with Crippen molar-refractivity contribution in [3.8, 4) is 0 Å². The number of rotatable bonds is 5. The van der Waals surface area contributed by atoms with Crippen LogP contribution in [0.1, 0.15) is 25.7 Å². The summed E-state index contributed by atoms with van der Waals surface area (Å²) in [4.78, 5) is 0. The lowest BCUT2D eigenvalue weighted by Crippen LogP contribution is -2.20. The Morgan fingerprint density at radius 1 is 1.58 bits per heavy atom. The zero-order valence-corrected chi connectivity index (χ0v) is 7.54. The van der Waals surface area contributed by atoms with E-state index in [-0.39, 0.29) is 12.5 Å². The fraction of sp³-hybridized carbons (Fsp3) is 1.00. The van der Waals surface area contributed by atoms with Gasteiger partial charge in [0.05, 0.1) is 6.10 Å². The number of ether oxygens (including phenoxy) is 1. The van der Waals surface area contributed by atoms with Gasteiger partial charge in [-0.05, 0) is 38.1 Å². The molecule has 0 aromatic heterocycles. The lowest BCUT2D eigenvalue weighted by Gasteiger charge is -2.14. The molecule has 1 saturated heterocycles. The predicted molar refractivity (Wildman–Crippen MR) is 47.8 cm³/mol. The smallest absolute Gasteiger partial charge is 0.0576 e. The topological polar surface area (TPSA) is 55.5 Å². The maximum absolute atomic E-state index is 8.88. The molecule has 3 N–H and O–H groups in total. The molecular formula is C9H19NO2. The number of hydrogen-bond acceptors (Lipinski definition) is 3. The van der Waals surface area contributed by atoms with Crippen LogP contribution in [0.15, 0.2) is 0 Å². The Morgan fingerprint density at radius 2 is 2.42 bits per heavy atom. The van der Waals surface area contributed by atoms with E-state index in [0.29, 0.717) is 12.6 Å². The molecule has 0 saturated carbocycles. The number of aliphatic hydroxyl groups is 1. The molecular weight excluding hydrogens is 154 g/mol. The van der Waals surface area contributed by atoms with Gasteiger partial charge in [0.25, 0.3) is 0 Å². The van der Waals surface area contributed by atoms with Gasteiger partial charge >= 0.3 is 0 Å². The van der Waals surface area contributed by atoms with E-state index in [1.165, 1.54) is 12.8 Å². The first-order chi connectivity index (χ1) is 5.86. The van der Waals surface area contributed by atoms with Crippen molar-refractivity contribution in [3.63, 3.8) is 0 Å². The molecule has 0 radical (unpaired) electrons. The van der Waals surface area contributed by atoms with E-state index in [2.05, 4.69) is 0 Å². The van der Waals surface area contributed by atoms with E-state index in [4.69, 9.17) is 15.6 Å². The summed E-state index contributed by atoms with van der Waals surface area (Å²) in [5.41, 5.74) is 5.47. The van der Waals surface area contributed by atoms with Crippen molar-refractivity contribution in [3.05, 3.63) is 0 Å². The van der Waals surface area contributed by atoms with Gasteiger partial charge in [0.2, 0.25) is 0 Å². The largest absolute Gasteiger partial charge is 0.396 e. The molecule has 1 aliphatic rings. The second kappa shape index (κ2) is 5.51. The van der Waals surface area contributed by atoms with Crippen molar-refractivity contribution in [1.29, 1.82) is 0 Å². The standard InChI is InChI=1S/C9H19NO2/c10-6-8(7-11)3-4-9-2-1-5-12-9/h8-9,11H,1-7,10H2. The highest BCUT2D eigenvalue weighted by Gasteiger charge is 2.16. The second-order valence-electron chi connectivity index (χ2n) is 3.50. The molecule has 1 fully saturated rings. The third-order valence-corrected chi connectivity index (χ3v) is 2.51. The van der Waals surface area contributed by atoms with Crippen LogP contribution in [-0.4, -0.2) is 31.0 Å². The number of hydrogen-bond donors (Lipinski definition) is 2. The van der Waals surface area contributed by atoms with E-state index in [1.54, 1.807) is 0 Å². The van der Waals surface area contributed by atoms with Crippen molar-refractivity contribution in [1.82, 2.24) is 0 Å². The first kappa shape index (κ1) is 9.96. The SMILES string of the molecule is NCC(CO)CCC1CCCO1. The molecule has 3 heteroatoms. The fourth-order valence-electron chi connectivity index (χ4n) is 1.58. The van der Waals surface area contributed by atoms with E-state index in [1.807, 2.05) is 0 Å². The fourth-order valence-corrected chi connectivity index (χ4v) is 1.58.